The highest BCUT2D eigenvalue weighted by molar-refractivity contribution is 7.89. The SMILES string of the molecule is COc1ccc(CNS(=O)(=O)c2cccc([N+](=O)[O-])c2)cc1C. The molecule has 0 unspecified atom stereocenters. The Hall–Kier alpha value is -2.45. The van der Waals surface area contributed by atoms with Crippen LogP contribution in [0, 0.1) is 17.0 Å². The molecule has 0 bridgehead atoms. The number of hydrogen-bond donors (Lipinski definition) is 1. The first kappa shape index (κ1) is 16.9. The number of non-ortho nitro benzene ring substituents is 1. The number of hydrogen-bond acceptors (Lipinski definition) is 5. The number of nitro benzene ring substituents is 1. The van der Waals surface area contributed by atoms with E-state index in [1.165, 1.54) is 18.2 Å². The average molecular weight is 336 g/mol. The number of benzene rings is 2. The number of methoxy groups -OCH3 is 1. The number of nitrogens with zero attached hydrogens (tertiary/aromatic N) is 1. The van der Waals surface area contributed by atoms with Gasteiger partial charge in [-0.25, -0.2) is 13.1 Å². The van der Waals surface area contributed by atoms with E-state index in [1.807, 2.05) is 13.0 Å². The van der Waals surface area contributed by atoms with E-state index in [1.54, 1.807) is 19.2 Å². The number of aryl methyl sites for hydroxylation is 1. The number of nitro groups is 1. The van der Waals surface area contributed by atoms with Crippen molar-refractivity contribution >= 4 is 15.7 Å². The van der Waals surface area contributed by atoms with Gasteiger partial charge >= 0.3 is 0 Å². The molecule has 2 aromatic rings. The molecule has 1 N–H and O–H groups in total. The first-order valence-electron chi connectivity index (χ1n) is 6.71. The van der Waals surface area contributed by atoms with Gasteiger partial charge in [-0.15, -0.1) is 0 Å². The van der Waals surface area contributed by atoms with Crippen molar-refractivity contribution in [2.24, 2.45) is 0 Å². The lowest BCUT2D eigenvalue weighted by Gasteiger charge is -2.09. The molecule has 0 amide bonds. The van der Waals surface area contributed by atoms with Crippen molar-refractivity contribution in [3.63, 3.8) is 0 Å². The second-order valence-electron chi connectivity index (χ2n) is 4.88. The summed E-state index contributed by atoms with van der Waals surface area (Å²) in [5.74, 6) is 0.718. The zero-order valence-electron chi connectivity index (χ0n) is 12.6. The van der Waals surface area contributed by atoms with Gasteiger partial charge in [0.2, 0.25) is 10.0 Å². The first-order valence-corrected chi connectivity index (χ1v) is 8.19. The third-order valence-corrected chi connectivity index (χ3v) is 4.66. The highest BCUT2D eigenvalue weighted by atomic mass is 32.2. The summed E-state index contributed by atoms with van der Waals surface area (Å²) in [6.45, 7) is 1.94. The van der Waals surface area contributed by atoms with E-state index < -0.39 is 14.9 Å². The maximum Gasteiger partial charge on any atom is 0.270 e. The molecule has 23 heavy (non-hydrogen) atoms. The van der Waals surface area contributed by atoms with Crippen LogP contribution in [0.5, 0.6) is 5.75 Å². The molecule has 2 rings (SSSR count). The summed E-state index contributed by atoms with van der Waals surface area (Å²) in [5.41, 5.74) is 1.38. The second-order valence-corrected chi connectivity index (χ2v) is 6.65. The Morgan fingerprint density at radius 2 is 1.96 bits per heavy atom. The topological polar surface area (TPSA) is 98.5 Å². The molecule has 2 aromatic carbocycles. The molecule has 0 aliphatic carbocycles. The minimum Gasteiger partial charge on any atom is -0.496 e. The highest BCUT2D eigenvalue weighted by Crippen LogP contribution is 2.20. The van der Waals surface area contributed by atoms with Gasteiger partial charge in [0.15, 0.2) is 0 Å². The number of ether oxygens (including phenoxy) is 1. The van der Waals surface area contributed by atoms with Crippen molar-refractivity contribution in [2.45, 2.75) is 18.4 Å². The van der Waals surface area contributed by atoms with Crippen LogP contribution in [0.1, 0.15) is 11.1 Å². The Labute approximate surface area is 134 Å². The van der Waals surface area contributed by atoms with Crippen LogP contribution in [0.15, 0.2) is 47.4 Å². The maximum atomic E-state index is 12.2. The fourth-order valence-electron chi connectivity index (χ4n) is 2.08. The first-order chi connectivity index (χ1) is 10.8. The predicted molar refractivity (Wildman–Crippen MR) is 84.9 cm³/mol. The quantitative estimate of drug-likeness (QED) is 0.645. The summed E-state index contributed by atoms with van der Waals surface area (Å²) < 4.78 is 32.0. The normalized spacial score (nSPS) is 11.2. The minimum atomic E-state index is -3.83. The zero-order chi connectivity index (χ0) is 17.0. The van der Waals surface area contributed by atoms with Gasteiger partial charge in [0.1, 0.15) is 5.75 Å². The van der Waals surface area contributed by atoms with Gasteiger partial charge in [0.05, 0.1) is 16.9 Å². The van der Waals surface area contributed by atoms with Crippen LogP contribution in [-0.4, -0.2) is 20.5 Å². The van der Waals surface area contributed by atoms with E-state index in [4.69, 9.17) is 4.74 Å². The third kappa shape index (κ3) is 4.05. The lowest BCUT2D eigenvalue weighted by Crippen LogP contribution is -2.23. The minimum absolute atomic E-state index is 0.0792. The summed E-state index contributed by atoms with van der Waals surface area (Å²) in [5, 5.41) is 10.7. The summed E-state index contributed by atoms with van der Waals surface area (Å²) in [7, 11) is -2.27. The van der Waals surface area contributed by atoms with E-state index in [0.29, 0.717) is 0 Å². The Kier molecular flexibility index (Phi) is 4.97. The van der Waals surface area contributed by atoms with E-state index >= 15 is 0 Å². The van der Waals surface area contributed by atoms with Gasteiger partial charge in [0.25, 0.3) is 5.69 Å². The molecular weight excluding hydrogens is 320 g/mol. The molecule has 0 heterocycles. The Balaban J connectivity index is 2.17. The van der Waals surface area contributed by atoms with Crippen LogP contribution in [0.2, 0.25) is 0 Å². The molecule has 0 atom stereocenters. The van der Waals surface area contributed by atoms with Gasteiger partial charge in [-0.05, 0) is 30.2 Å². The van der Waals surface area contributed by atoms with Crippen molar-refractivity contribution in [1.82, 2.24) is 4.72 Å². The monoisotopic (exact) mass is 336 g/mol. The van der Waals surface area contributed by atoms with Crippen molar-refractivity contribution in [2.75, 3.05) is 7.11 Å². The smallest absolute Gasteiger partial charge is 0.270 e. The number of nitrogens with one attached hydrogen (secondary N) is 1. The predicted octanol–water partition coefficient (Wildman–Crippen LogP) is 2.39. The summed E-state index contributed by atoms with van der Waals surface area (Å²) in [6.07, 6.45) is 0. The highest BCUT2D eigenvalue weighted by Gasteiger charge is 2.17. The van der Waals surface area contributed by atoms with E-state index in [-0.39, 0.29) is 17.1 Å². The standard InChI is InChI=1S/C15H16N2O5S/c1-11-8-12(6-7-15(11)22-2)10-16-23(20,21)14-5-3-4-13(9-14)17(18)19/h3-9,16H,10H2,1-2H3. The lowest BCUT2D eigenvalue weighted by atomic mass is 10.1. The second kappa shape index (κ2) is 6.76. The Bertz CT molecular complexity index is 834. The molecule has 0 aliphatic heterocycles. The molecule has 7 nitrogen and oxygen atoms in total. The summed E-state index contributed by atoms with van der Waals surface area (Å²) in [4.78, 5) is 9.96. The Morgan fingerprint density at radius 3 is 2.57 bits per heavy atom. The van der Waals surface area contributed by atoms with E-state index in [0.717, 1.165) is 22.9 Å². The molecule has 0 saturated carbocycles. The fraction of sp³-hybridized carbons (Fsp3) is 0.200. The van der Waals surface area contributed by atoms with Crippen LogP contribution in [0.4, 0.5) is 5.69 Å². The van der Waals surface area contributed by atoms with Crippen LogP contribution >= 0.6 is 0 Å². The molecule has 0 radical (unpaired) electrons. The maximum absolute atomic E-state index is 12.2. The van der Waals surface area contributed by atoms with Crippen LogP contribution < -0.4 is 9.46 Å². The van der Waals surface area contributed by atoms with Gasteiger partial charge in [-0.2, -0.15) is 0 Å². The third-order valence-electron chi connectivity index (χ3n) is 3.26. The van der Waals surface area contributed by atoms with Gasteiger partial charge in [0, 0.05) is 18.7 Å². The van der Waals surface area contributed by atoms with Crippen molar-refractivity contribution in [3.05, 3.63) is 63.7 Å². The van der Waals surface area contributed by atoms with Crippen molar-refractivity contribution < 1.29 is 18.1 Å². The fourth-order valence-corrected chi connectivity index (χ4v) is 3.13. The molecule has 0 aliphatic rings. The summed E-state index contributed by atoms with van der Waals surface area (Å²) >= 11 is 0. The molecular formula is C15H16N2O5S. The molecule has 0 saturated heterocycles. The molecule has 0 spiro atoms. The molecule has 0 aromatic heterocycles. The Morgan fingerprint density at radius 1 is 1.22 bits per heavy atom. The lowest BCUT2D eigenvalue weighted by molar-refractivity contribution is -0.385. The average Bonchev–Trinajstić information content (AvgIpc) is 2.53. The summed E-state index contributed by atoms with van der Waals surface area (Å²) in [6, 6.07) is 10.2. The van der Waals surface area contributed by atoms with E-state index in [2.05, 4.69) is 4.72 Å². The van der Waals surface area contributed by atoms with E-state index in [9.17, 15) is 18.5 Å². The van der Waals surface area contributed by atoms with Crippen molar-refractivity contribution in [3.8, 4) is 5.75 Å². The van der Waals surface area contributed by atoms with Gasteiger partial charge in [-0.1, -0.05) is 18.2 Å². The van der Waals surface area contributed by atoms with Crippen molar-refractivity contribution in [1.29, 1.82) is 0 Å². The largest absolute Gasteiger partial charge is 0.496 e. The zero-order valence-corrected chi connectivity index (χ0v) is 13.5. The van der Waals surface area contributed by atoms with Crippen LogP contribution in [0.25, 0.3) is 0 Å². The number of sulfonamides is 1. The van der Waals surface area contributed by atoms with Gasteiger partial charge in [-0.3, -0.25) is 10.1 Å². The molecule has 8 heteroatoms. The van der Waals surface area contributed by atoms with Crippen LogP contribution in [0.3, 0.4) is 0 Å². The molecule has 0 fully saturated rings. The van der Waals surface area contributed by atoms with Crippen LogP contribution in [-0.2, 0) is 16.6 Å². The van der Waals surface area contributed by atoms with Gasteiger partial charge < -0.3 is 4.74 Å². The number of rotatable bonds is 6. The molecule has 122 valence electrons.